The maximum atomic E-state index is 12.9. The molecule has 0 bridgehead atoms. The number of hydrogen-bond donors (Lipinski definition) is 1. The lowest BCUT2D eigenvalue weighted by Crippen LogP contribution is -2.05. The van der Waals surface area contributed by atoms with E-state index in [-0.39, 0.29) is 16.8 Å². The molecule has 0 spiro atoms. The summed E-state index contributed by atoms with van der Waals surface area (Å²) < 4.78 is 39.2. The Kier molecular flexibility index (Phi) is 4.04. The van der Waals surface area contributed by atoms with Gasteiger partial charge in [-0.3, -0.25) is 0 Å². The van der Waals surface area contributed by atoms with E-state index in [9.17, 15) is 23.1 Å². The lowest BCUT2D eigenvalue weighted by atomic mass is 10.0. The SMILES string of the molecule is O=C(O)c1cc(-c2cccc(C(F)(F)F)c2)nc2c(Br)cccc12. The number of alkyl halides is 3. The molecule has 2 aromatic carbocycles. The number of pyridine rings is 1. The molecule has 1 aromatic heterocycles. The molecule has 0 unspecified atom stereocenters. The van der Waals surface area contributed by atoms with E-state index in [2.05, 4.69) is 20.9 Å². The van der Waals surface area contributed by atoms with Crippen LogP contribution in [-0.2, 0) is 6.18 Å². The number of para-hydroxylation sites is 1. The zero-order chi connectivity index (χ0) is 17.5. The van der Waals surface area contributed by atoms with Gasteiger partial charge in [-0.05, 0) is 40.2 Å². The average molecular weight is 396 g/mol. The summed E-state index contributed by atoms with van der Waals surface area (Å²) in [4.78, 5) is 15.8. The molecule has 0 fully saturated rings. The summed E-state index contributed by atoms with van der Waals surface area (Å²) in [5.41, 5.74) is -0.0905. The molecule has 0 aliphatic heterocycles. The van der Waals surface area contributed by atoms with Crippen LogP contribution >= 0.6 is 15.9 Å². The summed E-state index contributed by atoms with van der Waals surface area (Å²) >= 11 is 3.30. The number of rotatable bonds is 2. The Hall–Kier alpha value is -2.41. The number of halogens is 4. The van der Waals surface area contributed by atoms with Gasteiger partial charge in [0, 0.05) is 15.4 Å². The Bertz CT molecular complexity index is 954. The van der Waals surface area contributed by atoms with Crippen LogP contribution in [0.3, 0.4) is 0 Å². The zero-order valence-corrected chi connectivity index (χ0v) is 13.5. The minimum absolute atomic E-state index is 0.0197. The van der Waals surface area contributed by atoms with Gasteiger partial charge in [0.1, 0.15) is 0 Å². The Morgan fingerprint density at radius 2 is 1.79 bits per heavy atom. The van der Waals surface area contributed by atoms with Crippen LogP contribution in [0.4, 0.5) is 13.2 Å². The van der Waals surface area contributed by atoms with Crippen molar-refractivity contribution in [2.45, 2.75) is 6.18 Å². The number of hydrogen-bond acceptors (Lipinski definition) is 2. The van der Waals surface area contributed by atoms with Crippen molar-refractivity contribution in [3.05, 3.63) is 64.1 Å². The number of nitrogens with zero attached hydrogens (tertiary/aromatic N) is 1. The first-order chi connectivity index (χ1) is 11.3. The van der Waals surface area contributed by atoms with E-state index in [1.807, 2.05) is 0 Å². The third-order valence-electron chi connectivity index (χ3n) is 3.51. The van der Waals surface area contributed by atoms with Gasteiger partial charge in [0.15, 0.2) is 0 Å². The van der Waals surface area contributed by atoms with Gasteiger partial charge in [-0.15, -0.1) is 0 Å². The molecule has 0 aliphatic carbocycles. The summed E-state index contributed by atoms with van der Waals surface area (Å²) in [6.07, 6.45) is -4.48. The average Bonchev–Trinajstić information content (AvgIpc) is 2.53. The van der Waals surface area contributed by atoms with Crippen LogP contribution in [-0.4, -0.2) is 16.1 Å². The van der Waals surface area contributed by atoms with Crippen LogP contribution in [0, 0.1) is 0 Å². The van der Waals surface area contributed by atoms with Gasteiger partial charge in [-0.25, -0.2) is 9.78 Å². The third-order valence-corrected chi connectivity index (χ3v) is 4.15. The van der Waals surface area contributed by atoms with Crippen LogP contribution in [0.15, 0.2) is 53.0 Å². The van der Waals surface area contributed by atoms with Crippen LogP contribution < -0.4 is 0 Å². The number of aromatic carboxylic acids is 1. The number of benzene rings is 2. The van der Waals surface area contributed by atoms with Crippen molar-refractivity contribution >= 4 is 32.8 Å². The minimum atomic E-state index is -4.48. The predicted molar refractivity (Wildman–Crippen MR) is 86.8 cm³/mol. The number of carboxylic acids is 1. The second-order valence-corrected chi connectivity index (χ2v) is 5.93. The number of aromatic nitrogens is 1. The Labute approximate surface area is 142 Å². The fourth-order valence-corrected chi connectivity index (χ4v) is 2.85. The maximum absolute atomic E-state index is 12.9. The summed E-state index contributed by atoms with van der Waals surface area (Å²) in [6, 6.07) is 10.9. The molecule has 1 heterocycles. The Balaban J connectivity index is 2.28. The summed E-state index contributed by atoms with van der Waals surface area (Å²) in [7, 11) is 0. The summed E-state index contributed by atoms with van der Waals surface area (Å²) in [5.74, 6) is -1.17. The van der Waals surface area contributed by atoms with Crippen LogP contribution in [0.2, 0.25) is 0 Å². The largest absolute Gasteiger partial charge is 0.478 e. The normalized spacial score (nSPS) is 11.7. The maximum Gasteiger partial charge on any atom is 0.416 e. The molecule has 3 nitrogen and oxygen atoms in total. The third kappa shape index (κ3) is 2.99. The van der Waals surface area contributed by atoms with Crippen molar-refractivity contribution in [2.24, 2.45) is 0 Å². The van der Waals surface area contributed by atoms with E-state index in [0.29, 0.717) is 15.4 Å². The second-order valence-electron chi connectivity index (χ2n) is 5.07. The molecule has 0 saturated heterocycles. The minimum Gasteiger partial charge on any atom is -0.478 e. The number of carbonyl (C=O) groups is 1. The van der Waals surface area contributed by atoms with E-state index in [1.54, 1.807) is 18.2 Å². The van der Waals surface area contributed by atoms with E-state index in [4.69, 9.17) is 0 Å². The molecule has 0 radical (unpaired) electrons. The number of carboxylic acid groups (broad SMARTS) is 1. The van der Waals surface area contributed by atoms with Gasteiger partial charge in [0.2, 0.25) is 0 Å². The highest BCUT2D eigenvalue weighted by Gasteiger charge is 2.30. The molecule has 3 aromatic rings. The van der Waals surface area contributed by atoms with Crippen LogP contribution in [0.25, 0.3) is 22.2 Å². The van der Waals surface area contributed by atoms with E-state index >= 15 is 0 Å². The molecule has 0 atom stereocenters. The molecule has 7 heteroatoms. The molecular formula is C17H9BrF3NO2. The summed E-state index contributed by atoms with van der Waals surface area (Å²) in [6.45, 7) is 0. The van der Waals surface area contributed by atoms with Crippen LogP contribution in [0.5, 0.6) is 0 Å². The van der Waals surface area contributed by atoms with E-state index in [1.165, 1.54) is 18.2 Å². The van der Waals surface area contributed by atoms with Crippen molar-refractivity contribution in [2.75, 3.05) is 0 Å². The predicted octanol–water partition coefficient (Wildman–Crippen LogP) is 5.38. The highest BCUT2D eigenvalue weighted by atomic mass is 79.9. The molecule has 122 valence electrons. The highest BCUT2D eigenvalue weighted by Crippen LogP contribution is 2.33. The molecule has 0 amide bonds. The van der Waals surface area contributed by atoms with Crippen molar-refractivity contribution in [1.29, 1.82) is 0 Å². The van der Waals surface area contributed by atoms with Crippen molar-refractivity contribution < 1.29 is 23.1 Å². The van der Waals surface area contributed by atoms with Gasteiger partial charge in [0.25, 0.3) is 0 Å². The second kappa shape index (κ2) is 5.90. The highest BCUT2D eigenvalue weighted by molar-refractivity contribution is 9.10. The van der Waals surface area contributed by atoms with Crippen molar-refractivity contribution in [3.63, 3.8) is 0 Å². The van der Waals surface area contributed by atoms with Gasteiger partial charge >= 0.3 is 12.1 Å². The van der Waals surface area contributed by atoms with E-state index < -0.39 is 17.7 Å². The zero-order valence-electron chi connectivity index (χ0n) is 11.9. The lowest BCUT2D eigenvalue weighted by Gasteiger charge is -2.11. The van der Waals surface area contributed by atoms with Gasteiger partial charge in [-0.1, -0.05) is 24.3 Å². The molecule has 0 aliphatic rings. The van der Waals surface area contributed by atoms with Crippen molar-refractivity contribution in [3.8, 4) is 11.3 Å². The first-order valence-electron chi connectivity index (χ1n) is 6.77. The Morgan fingerprint density at radius 1 is 1.08 bits per heavy atom. The van der Waals surface area contributed by atoms with Gasteiger partial charge < -0.3 is 5.11 Å². The van der Waals surface area contributed by atoms with Gasteiger partial charge in [-0.2, -0.15) is 13.2 Å². The standard InChI is InChI=1S/C17H9BrF3NO2/c18-13-6-2-5-11-12(16(23)24)8-14(22-15(11)13)9-3-1-4-10(7-9)17(19,20)21/h1-8H,(H,23,24). The first kappa shape index (κ1) is 16.4. The molecule has 24 heavy (non-hydrogen) atoms. The quantitative estimate of drug-likeness (QED) is 0.633. The van der Waals surface area contributed by atoms with Crippen molar-refractivity contribution in [1.82, 2.24) is 4.98 Å². The molecule has 0 saturated carbocycles. The first-order valence-corrected chi connectivity index (χ1v) is 7.57. The number of fused-ring (bicyclic) bond motifs is 1. The fourth-order valence-electron chi connectivity index (χ4n) is 2.39. The molecule has 3 rings (SSSR count). The lowest BCUT2D eigenvalue weighted by molar-refractivity contribution is -0.137. The van der Waals surface area contributed by atoms with Gasteiger partial charge in [0.05, 0.1) is 22.3 Å². The smallest absolute Gasteiger partial charge is 0.416 e. The van der Waals surface area contributed by atoms with E-state index in [0.717, 1.165) is 12.1 Å². The monoisotopic (exact) mass is 395 g/mol. The summed E-state index contributed by atoms with van der Waals surface area (Å²) in [5, 5.41) is 9.82. The molecular weight excluding hydrogens is 387 g/mol. The Morgan fingerprint density at radius 3 is 2.46 bits per heavy atom. The van der Waals surface area contributed by atoms with Crippen LogP contribution in [0.1, 0.15) is 15.9 Å². The fraction of sp³-hybridized carbons (Fsp3) is 0.0588. The molecule has 1 N–H and O–H groups in total. The topological polar surface area (TPSA) is 50.2 Å².